The van der Waals surface area contributed by atoms with Crippen molar-refractivity contribution < 1.29 is 13.9 Å². The number of ether oxygens (including phenoxy) is 2. The molecule has 1 atom stereocenters. The third-order valence-corrected chi connectivity index (χ3v) is 6.65. The van der Waals surface area contributed by atoms with E-state index in [0.29, 0.717) is 12.2 Å². The summed E-state index contributed by atoms with van der Waals surface area (Å²) in [7, 11) is 0. The molecule has 4 heterocycles. The van der Waals surface area contributed by atoms with Crippen LogP contribution in [0.2, 0.25) is 0 Å². The van der Waals surface area contributed by atoms with Crippen LogP contribution < -0.4 is 5.32 Å². The molecule has 0 aliphatic carbocycles. The van der Waals surface area contributed by atoms with Gasteiger partial charge in [-0.15, -0.1) is 11.3 Å². The largest absolute Gasteiger partial charge is 0.469 e. The molecule has 0 saturated carbocycles. The molecular formula is C23H33N3O3S. The molecule has 1 unspecified atom stereocenters. The first-order chi connectivity index (χ1) is 14.9. The molecule has 0 aromatic carbocycles. The van der Waals surface area contributed by atoms with Gasteiger partial charge in [0.1, 0.15) is 5.76 Å². The summed E-state index contributed by atoms with van der Waals surface area (Å²) in [5.41, 5.74) is 0. The second-order valence-electron chi connectivity index (χ2n) is 7.95. The van der Waals surface area contributed by atoms with Gasteiger partial charge < -0.3 is 24.1 Å². The highest BCUT2D eigenvalue weighted by atomic mass is 32.1. The number of nitrogens with zero attached hydrogens (tertiary/aromatic N) is 2. The van der Waals surface area contributed by atoms with Gasteiger partial charge in [0, 0.05) is 50.5 Å². The molecule has 164 valence electrons. The lowest BCUT2D eigenvalue weighted by Crippen LogP contribution is -2.47. The van der Waals surface area contributed by atoms with Crippen molar-refractivity contribution in [3.63, 3.8) is 0 Å². The van der Waals surface area contributed by atoms with Crippen molar-refractivity contribution >= 4 is 17.3 Å². The Bertz CT molecular complexity index is 734. The van der Waals surface area contributed by atoms with Crippen molar-refractivity contribution in [1.29, 1.82) is 0 Å². The van der Waals surface area contributed by atoms with Gasteiger partial charge in [0.2, 0.25) is 0 Å². The van der Waals surface area contributed by atoms with Gasteiger partial charge in [-0.25, -0.2) is 0 Å². The molecule has 30 heavy (non-hydrogen) atoms. The fourth-order valence-corrected chi connectivity index (χ4v) is 4.70. The standard InChI is InChI=1S/C23H33N3O3S/c1-4-19(27-15-1)7-11-24-23(25-12-8-22-6-3-17-30-22)26-13-9-20(10-14-26)29-18-21-5-2-16-28-21/h1,3-4,6,15,17,20-21H,2,5,7-14,16,18H2,(H,24,25). The molecule has 0 bridgehead atoms. The maximum absolute atomic E-state index is 6.13. The summed E-state index contributed by atoms with van der Waals surface area (Å²) in [4.78, 5) is 8.68. The first-order valence-corrected chi connectivity index (χ1v) is 12.1. The SMILES string of the molecule is c1coc(CCNC(=NCCc2cccs2)N2CCC(OCC3CCCO3)CC2)c1. The van der Waals surface area contributed by atoms with Gasteiger partial charge in [-0.1, -0.05) is 6.07 Å². The number of piperidine rings is 1. The topological polar surface area (TPSA) is 59.2 Å². The first kappa shape index (κ1) is 21.4. The number of furan rings is 1. The summed E-state index contributed by atoms with van der Waals surface area (Å²) >= 11 is 1.80. The second-order valence-corrected chi connectivity index (χ2v) is 8.98. The van der Waals surface area contributed by atoms with Crippen LogP contribution in [0.15, 0.2) is 45.3 Å². The number of nitrogens with one attached hydrogen (secondary N) is 1. The van der Waals surface area contributed by atoms with E-state index in [1.807, 2.05) is 12.1 Å². The van der Waals surface area contributed by atoms with E-state index in [1.54, 1.807) is 17.6 Å². The van der Waals surface area contributed by atoms with E-state index in [1.165, 1.54) is 11.3 Å². The van der Waals surface area contributed by atoms with Crippen LogP contribution in [0.1, 0.15) is 36.3 Å². The van der Waals surface area contributed by atoms with Gasteiger partial charge in [0.15, 0.2) is 5.96 Å². The Morgan fingerprint density at radius 1 is 1.20 bits per heavy atom. The molecule has 2 fully saturated rings. The van der Waals surface area contributed by atoms with Crippen molar-refractivity contribution in [3.05, 3.63) is 46.5 Å². The third-order valence-electron chi connectivity index (χ3n) is 5.72. The van der Waals surface area contributed by atoms with E-state index in [9.17, 15) is 0 Å². The minimum atomic E-state index is 0.306. The second kappa shape index (κ2) is 11.5. The van der Waals surface area contributed by atoms with Gasteiger partial charge in [0.05, 0.1) is 25.1 Å². The molecule has 4 rings (SSSR count). The Morgan fingerprint density at radius 2 is 2.13 bits per heavy atom. The van der Waals surface area contributed by atoms with E-state index < -0.39 is 0 Å². The van der Waals surface area contributed by atoms with E-state index in [2.05, 4.69) is 27.7 Å². The minimum Gasteiger partial charge on any atom is -0.469 e. The highest BCUT2D eigenvalue weighted by Gasteiger charge is 2.24. The van der Waals surface area contributed by atoms with Gasteiger partial charge in [0.25, 0.3) is 0 Å². The lowest BCUT2D eigenvalue weighted by Gasteiger charge is -2.34. The summed E-state index contributed by atoms with van der Waals surface area (Å²) in [5, 5.41) is 5.69. The first-order valence-electron chi connectivity index (χ1n) is 11.2. The van der Waals surface area contributed by atoms with Crippen LogP contribution in [-0.4, -0.2) is 62.5 Å². The molecule has 1 N–H and O–H groups in total. The van der Waals surface area contributed by atoms with Crippen LogP contribution >= 0.6 is 11.3 Å². The van der Waals surface area contributed by atoms with Gasteiger partial charge in [-0.3, -0.25) is 4.99 Å². The van der Waals surface area contributed by atoms with Crippen molar-refractivity contribution in [2.75, 3.05) is 39.4 Å². The molecule has 0 spiro atoms. The van der Waals surface area contributed by atoms with E-state index >= 15 is 0 Å². The average molecular weight is 432 g/mol. The number of rotatable bonds is 9. The van der Waals surface area contributed by atoms with Gasteiger partial charge in [-0.05, 0) is 49.3 Å². The van der Waals surface area contributed by atoms with Crippen LogP contribution in [0, 0.1) is 0 Å². The number of aliphatic imine (C=N–C) groups is 1. The van der Waals surface area contributed by atoms with Crippen LogP contribution in [0.5, 0.6) is 0 Å². The Hall–Kier alpha value is -1.83. The molecule has 2 aliphatic heterocycles. The summed E-state index contributed by atoms with van der Waals surface area (Å²) in [6, 6.07) is 8.24. The van der Waals surface area contributed by atoms with Gasteiger partial charge >= 0.3 is 0 Å². The Balaban J connectivity index is 1.25. The Labute approximate surface area is 183 Å². The number of likely N-dealkylation sites (tertiary alicyclic amines) is 1. The predicted octanol–water partition coefficient (Wildman–Crippen LogP) is 3.73. The smallest absolute Gasteiger partial charge is 0.193 e. The molecule has 2 aliphatic rings. The molecule has 7 heteroatoms. The molecule has 0 amide bonds. The summed E-state index contributed by atoms with van der Waals surface area (Å²) < 4.78 is 17.3. The van der Waals surface area contributed by atoms with Crippen molar-refractivity contribution in [3.8, 4) is 0 Å². The average Bonchev–Trinajstić information content (AvgIpc) is 3.56. The van der Waals surface area contributed by atoms with Gasteiger partial charge in [-0.2, -0.15) is 0 Å². The highest BCUT2D eigenvalue weighted by molar-refractivity contribution is 7.09. The van der Waals surface area contributed by atoms with E-state index in [0.717, 1.165) is 83.2 Å². The predicted molar refractivity (Wildman–Crippen MR) is 120 cm³/mol. The summed E-state index contributed by atoms with van der Waals surface area (Å²) in [6.45, 7) is 5.21. The fourth-order valence-electron chi connectivity index (χ4n) is 4.00. The highest BCUT2D eigenvalue weighted by Crippen LogP contribution is 2.18. The fraction of sp³-hybridized carbons (Fsp3) is 0.609. The van der Waals surface area contributed by atoms with E-state index in [4.69, 9.17) is 18.9 Å². The number of guanidine groups is 1. The van der Waals surface area contributed by atoms with Crippen molar-refractivity contribution in [2.45, 2.75) is 50.7 Å². The Morgan fingerprint density at radius 3 is 2.87 bits per heavy atom. The number of hydrogen-bond acceptors (Lipinski definition) is 5. The van der Waals surface area contributed by atoms with E-state index in [-0.39, 0.29) is 0 Å². The van der Waals surface area contributed by atoms with Crippen LogP contribution in [-0.2, 0) is 22.3 Å². The molecule has 0 radical (unpaired) electrons. The zero-order valence-electron chi connectivity index (χ0n) is 17.6. The zero-order chi connectivity index (χ0) is 20.4. The molecule has 2 aromatic rings. The van der Waals surface area contributed by atoms with Crippen molar-refractivity contribution in [2.24, 2.45) is 4.99 Å². The lowest BCUT2D eigenvalue weighted by molar-refractivity contribution is -0.0367. The van der Waals surface area contributed by atoms with Crippen LogP contribution in [0.25, 0.3) is 0 Å². The normalized spacial score (nSPS) is 20.7. The quantitative estimate of drug-likeness (QED) is 0.484. The van der Waals surface area contributed by atoms with Crippen molar-refractivity contribution in [1.82, 2.24) is 10.2 Å². The monoisotopic (exact) mass is 431 g/mol. The number of hydrogen-bond donors (Lipinski definition) is 1. The third kappa shape index (κ3) is 6.59. The summed E-state index contributed by atoms with van der Waals surface area (Å²) in [5.74, 6) is 2.01. The van der Waals surface area contributed by atoms with Crippen LogP contribution in [0.3, 0.4) is 0 Å². The molecule has 2 saturated heterocycles. The zero-order valence-corrected chi connectivity index (χ0v) is 18.4. The minimum absolute atomic E-state index is 0.306. The summed E-state index contributed by atoms with van der Waals surface area (Å²) in [6.07, 6.45) is 8.60. The lowest BCUT2D eigenvalue weighted by atomic mass is 10.1. The maximum atomic E-state index is 6.13. The number of thiophene rings is 1. The molecular weight excluding hydrogens is 398 g/mol. The molecule has 2 aromatic heterocycles. The Kier molecular flexibility index (Phi) is 8.23. The molecule has 6 nitrogen and oxygen atoms in total. The van der Waals surface area contributed by atoms with Crippen LogP contribution in [0.4, 0.5) is 0 Å². The maximum Gasteiger partial charge on any atom is 0.193 e.